The molecule has 1 atom stereocenters. The van der Waals surface area contributed by atoms with Crippen molar-refractivity contribution in [2.24, 2.45) is 5.41 Å². The number of hydrogen-bond acceptors (Lipinski definition) is 3. The van der Waals surface area contributed by atoms with Crippen LogP contribution in [0.5, 0.6) is 0 Å². The molecule has 4 heteroatoms. The molecule has 4 nitrogen and oxygen atoms in total. The van der Waals surface area contributed by atoms with E-state index in [0.29, 0.717) is 19.8 Å². The molecule has 0 spiro atoms. The van der Waals surface area contributed by atoms with E-state index >= 15 is 0 Å². The molecule has 2 amide bonds. The van der Waals surface area contributed by atoms with E-state index in [2.05, 4.69) is 6.58 Å². The Kier molecular flexibility index (Phi) is 4.24. The fourth-order valence-electron chi connectivity index (χ4n) is 1.96. The number of imide groups is 1. The Balaban J connectivity index is 2.67. The first kappa shape index (κ1) is 12.9. The van der Waals surface area contributed by atoms with Crippen molar-refractivity contribution >= 4 is 11.8 Å². The van der Waals surface area contributed by atoms with Crippen LogP contribution in [0.4, 0.5) is 0 Å². The lowest BCUT2D eigenvalue weighted by molar-refractivity contribution is -0.156. The maximum atomic E-state index is 12.1. The summed E-state index contributed by atoms with van der Waals surface area (Å²) < 4.78 is 5.35. The fraction of sp³-hybridized carbons (Fsp3) is 0.667. The average molecular weight is 225 g/mol. The Morgan fingerprint density at radius 1 is 1.69 bits per heavy atom. The Hall–Kier alpha value is -1.16. The van der Waals surface area contributed by atoms with Gasteiger partial charge in [-0.05, 0) is 19.8 Å². The van der Waals surface area contributed by atoms with E-state index in [1.807, 2.05) is 6.92 Å². The minimum Gasteiger partial charge on any atom is -0.376 e. The standard InChI is InChI=1S/C12H19NO3/c1-4-8-16-9-12(3)6-5-7-13(10(2)14)11(12)15/h4H,1,5-9H2,2-3H3/t12-/m0/s1. The number of hydrogen-bond donors (Lipinski definition) is 0. The summed E-state index contributed by atoms with van der Waals surface area (Å²) in [5.41, 5.74) is -0.563. The van der Waals surface area contributed by atoms with E-state index in [-0.39, 0.29) is 11.8 Å². The quantitative estimate of drug-likeness (QED) is 0.536. The van der Waals surface area contributed by atoms with Crippen molar-refractivity contribution < 1.29 is 14.3 Å². The fourth-order valence-corrected chi connectivity index (χ4v) is 1.96. The Morgan fingerprint density at radius 2 is 2.38 bits per heavy atom. The maximum absolute atomic E-state index is 12.1. The van der Waals surface area contributed by atoms with Crippen molar-refractivity contribution in [3.05, 3.63) is 12.7 Å². The van der Waals surface area contributed by atoms with Crippen LogP contribution in [0.15, 0.2) is 12.7 Å². The molecule has 16 heavy (non-hydrogen) atoms. The molecule has 1 aliphatic rings. The van der Waals surface area contributed by atoms with Crippen LogP contribution in [0.2, 0.25) is 0 Å². The third-order valence-corrected chi connectivity index (χ3v) is 2.91. The second kappa shape index (κ2) is 5.25. The number of piperidine rings is 1. The number of nitrogens with zero attached hydrogens (tertiary/aromatic N) is 1. The minimum absolute atomic E-state index is 0.115. The van der Waals surface area contributed by atoms with Gasteiger partial charge in [0, 0.05) is 13.5 Å². The van der Waals surface area contributed by atoms with E-state index in [1.54, 1.807) is 6.08 Å². The summed E-state index contributed by atoms with van der Waals surface area (Å²) in [5.74, 6) is -0.296. The van der Waals surface area contributed by atoms with Crippen molar-refractivity contribution in [1.82, 2.24) is 4.90 Å². The number of carbonyl (C=O) groups excluding carboxylic acids is 2. The molecular formula is C12H19NO3. The summed E-state index contributed by atoms with van der Waals surface area (Å²) in [6.45, 7) is 8.15. The molecular weight excluding hydrogens is 206 g/mol. The third kappa shape index (κ3) is 2.70. The van der Waals surface area contributed by atoms with Crippen molar-refractivity contribution in [3.63, 3.8) is 0 Å². The van der Waals surface area contributed by atoms with Gasteiger partial charge < -0.3 is 4.74 Å². The zero-order chi connectivity index (χ0) is 12.2. The van der Waals surface area contributed by atoms with Crippen LogP contribution in [0.25, 0.3) is 0 Å². The topological polar surface area (TPSA) is 46.6 Å². The first-order valence-corrected chi connectivity index (χ1v) is 5.52. The number of amides is 2. The molecule has 0 radical (unpaired) electrons. The zero-order valence-corrected chi connectivity index (χ0v) is 9.99. The van der Waals surface area contributed by atoms with Gasteiger partial charge in [0.15, 0.2) is 0 Å². The highest BCUT2D eigenvalue weighted by Crippen LogP contribution is 2.31. The van der Waals surface area contributed by atoms with Gasteiger partial charge in [0.2, 0.25) is 11.8 Å². The van der Waals surface area contributed by atoms with E-state index in [9.17, 15) is 9.59 Å². The summed E-state index contributed by atoms with van der Waals surface area (Å²) in [6, 6.07) is 0. The number of carbonyl (C=O) groups is 2. The monoisotopic (exact) mass is 225 g/mol. The first-order valence-electron chi connectivity index (χ1n) is 5.52. The van der Waals surface area contributed by atoms with Gasteiger partial charge in [0.25, 0.3) is 0 Å². The van der Waals surface area contributed by atoms with Crippen LogP contribution in [-0.2, 0) is 14.3 Å². The summed E-state index contributed by atoms with van der Waals surface area (Å²) in [6.07, 6.45) is 3.27. The van der Waals surface area contributed by atoms with Gasteiger partial charge >= 0.3 is 0 Å². The smallest absolute Gasteiger partial charge is 0.237 e. The molecule has 0 aromatic carbocycles. The van der Waals surface area contributed by atoms with Gasteiger partial charge in [-0.25, -0.2) is 0 Å². The molecule has 0 N–H and O–H groups in total. The zero-order valence-electron chi connectivity index (χ0n) is 9.99. The maximum Gasteiger partial charge on any atom is 0.237 e. The molecule has 0 aromatic heterocycles. The lowest BCUT2D eigenvalue weighted by Crippen LogP contribution is -2.51. The van der Waals surface area contributed by atoms with Crippen molar-refractivity contribution in [2.45, 2.75) is 26.7 Å². The second-order valence-electron chi connectivity index (χ2n) is 4.44. The summed E-state index contributed by atoms with van der Waals surface area (Å²) in [4.78, 5) is 24.7. The molecule has 1 heterocycles. The molecule has 1 aliphatic heterocycles. The first-order chi connectivity index (χ1) is 7.51. The van der Waals surface area contributed by atoms with Crippen molar-refractivity contribution in [1.29, 1.82) is 0 Å². The van der Waals surface area contributed by atoms with Crippen LogP contribution < -0.4 is 0 Å². The van der Waals surface area contributed by atoms with Gasteiger partial charge in [-0.1, -0.05) is 6.08 Å². The minimum atomic E-state index is -0.563. The largest absolute Gasteiger partial charge is 0.376 e. The average Bonchev–Trinajstić information content (AvgIpc) is 2.22. The van der Waals surface area contributed by atoms with Crippen LogP contribution >= 0.6 is 0 Å². The lowest BCUT2D eigenvalue weighted by atomic mass is 9.81. The Morgan fingerprint density at radius 3 is 2.94 bits per heavy atom. The molecule has 0 bridgehead atoms. The van der Waals surface area contributed by atoms with Crippen LogP contribution in [0.1, 0.15) is 26.7 Å². The number of rotatable bonds is 4. The highest BCUT2D eigenvalue weighted by molar-refractivity contribution is 5.97. The molecule has 90 valence electrons. The normalized spacial score (nSPS) is 25.6. The number of likely N-dealkylation sites (tertiary alicyclic amines) is 1. The predicted molar refractivity (Wildman–Crippen MR) is 60.8 cm³/mol. The van der Waals surface area contributed by atoms with E-state index in [1.165, 1.54) is 11.8 Å². The van der Waals surface area contributed by atoms with Gasteiger partial charge in [0.05, 0.1) is 18.6 Å². The molecule has 0 aliphatic carbocycles. The van der Waals surface area contributed by atoms with Gasteiger partial charge in [-0.3, -0.25) is 14.5 Å². The van der Waals surface area contributed by atoms with E-state index in [0.717, 1.165) is 12.8 Å². The van der Waals surface area contributed by atoms with Crippen LogP contribution in [0, 0.1) is 5.41 Å². The highest BCUT2D eigenvalue weighted by atomic mass is 16.5. The van der Waals surface area contributed by atoms with Crippen molar-refractivity contribution in [2.75, 3.05) is 19.8 Å². The van der Waals surface area contributed by atoms with Crippen molar-refractivity contribution in [3.8, 4) is 0 Å². The van der Waals surface area contributed by atoms with E-state index < -0.39 is 5.41 Å². The Labute approximate surface area is 96.3 Å². The lowest BCUT2D eigenvalue weighted by Gasteiger charge is -2.37. The highest BCUT2D eigenvalue weighted by Gasteiger charge is 2.41. The molecule has 1 rings (SSSR count). The molecule has 0 aromatic rings. The van der Waals surface area contributed by atoms with Crippen LogP contribution in [-0.4, -0.2) is 36.5 Å². The van der Waals surface area contributed by atoms with Gasteiger partial charge in [0.1, 0.15) is 0 Å². The molecule has 0 unspecified atom stereocenters. The predicted octanol–water partition coefficient (Wildman–Crippen LogP) is 1.36. The second-order valence-corrected chi connectivity index (χ2v) is 4.44. The van der Waals surface area contributed by atoms with E-state index in [4.69, 9.17) is 4.74 Å². The summed E-state index contributed by atoms with van der Waals surface area (Å²) in [7, 11) is 0. The molecule has 1 fully saturated rings. The molecule has 1 saturated heterocycles. The number of ether oxygens (including phenoxy) is 1. The summed E-state index contributed by atoms with van der Waals surface area (Å²) in [5, 5.41) is 0. The van der Waals surface area contributed by atoms with Gasteiger partial charge in [-0.15, -0.1) is 6.58 Å². The molecule has 0 saturated carbocycles. The van der Waals surface area contributed by atoms with Gasteiger partial charge in [-0.2, -0.15) is 0 Å². The third-order valence-electron chi connectivity index (χ3n) is 2.91. The Bertz CT molecular complexity index is 301. The van der Waals surface area contributed by atoms with Crippen LogP contribution in [0.3, 0.4) is 0 Å². The SMILES string of the molecule is C=CCOC[C@]1(C)CCCN(C(C)=O)C1=O. The summed E-state index contributed by atoms with van der Waals surface area (Å²) >= 11 is 0.